The average Bonchev–Trinajstić information content (AvgIpc) is 3.34. The number of carboxylic acids is 2. The summed E-state index contributed by atoms with van der Waals surface area (Å²) in [4.78, 5) is 65.5. The third kappa shape index (κ3) is 9.16. The van der Waals surface area contributed by atoms with Gasteiger partial charge in [-0.2, -0.15) is 0 Å². The zero-order valence-electron chi connectivity index (χ0n) is 23.5. The molecule has 42 heavy (non-hydrogen) atoms. The van der Waals surface area contributed by atoms with Gasteiger partial charge < -0.3 is 36.9 Å². The number of carboxylic acid groups (broad SMARTS) is 2. The fraction of sp³-hybridized carbons (Fsp3) is 0.367. The molecule has 4 unspecified atom stereocenters. The van der Waals surface area contributed by atoms with Crippen LogP contribution in [0.25, 0.3) is 10.9 Å². The normalized spacial score (nSPS) is 14.0. The number of amides is 3. The number of hydrogen-bond acceptors (Lipinski definition) is 6. The lowest BCUT2D eigenvalue weighted by Crippen LogP contribution is -2.58. The van der Waals surface area contributed by atoms with Crippen LogP contribution in [0.15, 0.2) is 60.8 Å². The predicted molar refractivity (Wildman–Crippen MR) is 155 cm³/mol. The van der Waals surface area contributed by atoms with E-state index in [4.69, 9.17) is 10.8 Å². The van der Waals surface area contributed by atoms with E-state index < -0.39 is 60.2 Å². The Balaban J connectivity index is 1.76. The van der Waals surface area contributed by atoms with Crippen molar-refractivity contribution in [2.24, 2.45) is 11.7 Å². The van der Waals surface area contributed by atoms with Crippen molar-refractivity contribution in [3.05, 3.63) is 71.9 Å². The summed E-state index contributed by atoms with van der Waals surface area (Å²) in [5.74, 6) is -5.01. The summed E-state index contributed by atoms with van der Waals surface area (Å²) in [5.41, 5.74) is 8.67. The second-order valence-electron chi connectivity index (χ2n) is 10.6. The summed E-state index contributed by atoms with van der Waals surface area (Å²) in [5, 5.41) is 26.9. The van der Waals surface area contributed by atoms with Crippen molar-refractivity contribution in [2.75, 3.05) is 0 Å². The Bertz CT molecular complexity index is 1410. The molecule has 2 aromatic carbocycles. The molecule has 12 heteroatoms. The predicted octanol–water partition coefficient (Wildman–Crippen LogP) is 1.34. The van der Waals surface area contributed by atoms with Crippen molar-refractivity contribution < 1.29 is 34.2 Å². The smallest absolute Gasteiger partial charge is 0.326 e. The van der Waals surface area contributed by atoms with Crippen molar-refractivity contribution >= 4 is 40.6 Å². The van der Waals surface area contributed by atoms with E-state index in [0.29, 0.717) is 5.56 Å². The van der Waals surface area contributed by atoms with Crippen LogP contribution in [0.5, 0.6) is 0 Å². The Hall–Kier alpha value is -4.71. The Morgan fingerprint density at radius 1 is 0.786 bits per heavy atom. The fourth-order valence-electron chi connectivity index (χ4n) is 4.59. The molecule has 0 saturated heterocycles. The highest BCUT2D eigenvalue weighted by Gasteiger charge is 2.31. The first-order valence-corrected chi connectivity index (χ1v) is 13.6. The molecule has 3 rings (SSSR count). The second kappa shape index (κ2) is 14.8. The van der Waals surface area contributed by atoms with Gasteiger partial charge in [-0.15, -0.1) is 0 Å². The Labute approximate surface area is 243 Å². The number of aliphatic carboxylic acids is 2. The number of carbonyl (C=O) groups is 5. The molecule has 12 nitrogen and oxygen atoms in total. The first-order chi connectivity index (χ1) is 19.9. The van der Waals surface area contributed by atoms with E-state index in [9.17, 15) is 29.1 Å². The molecule has 0 aliphatic heterocycles. The van der Waals surface area contributed by atoms with Crippen LogP contribution in [0.3, 0.4) is 0 Å². The number of fused-ring (bicyclic) bond motifs is 1. The van der Waals surface area contributed by atoms with Gasteiger partial charge in [0.25, 0.3) is 0 Å². The molecule has 0 fully saturated rings. The largest absolute Gasteiger partial charge is 0.481 e. The third-order valence-corrected chi connectivity index (χ3v) is 6.70. The summed E-state index contributed by atoms with van der Waals surface area (Å²) in [6.45, 7) is 3.74. The Kier molecular flexibility index (Phi) is 11.2. The van der Waals surface area contributed by atoms with Crippen molar-refractivity contribution in [1.82, 2.24) is 20.9 Å². The lowest BCUT2D eigenvalue weighted by Gasteiger charge is -2.26. The van der Waals surface area contributed by atoms with E-state index in [2.05, 4.69) is 20.9 Å². The van der Waals surface area contributed by atoms with E-state index in [0.717, 1.165) is 16.5 Å². The van der Waals surface area contributed by atoms with Crippen LogP contribution in [-0.4, -0.2) is 69.0 Å². The monoisotopic (exact) mass is 579 g/mol. The topological polar surface area (TPSA) is 204 Å². The highest BCUT2D eigenvalue weighted by atomic mass is 16.4. The third-order valence-electron chi connectivity index (χ3n) is 6.70. The zero-order chi connectivity index (χ0) is 30.8. The van der Waals surface area contributed by atoms with E-state index >= 15 is 0 Å². The number of benzene rings is 2. The number of carbonyl (C=O) groups excluding carboxylic acids is 3. The van der Waals surface area contributed by atoms with Gasteiger partial charge in [-0.25, -0.2) is 4.79 Å². The molecular weight excluding hydrogens is 542 g/mol. The van der Waals surface area contributed by atoms with E-state index in [-0.39, 0.29) is 25.2 Å². The van der Waals surface area contributed by atoms with E-state index in [1.54, 1.807) is 36.5 Å². The maximum absolute atomic E-state index is 13.5. The molecule has 0 saturated carbocycles. The van der Waals surface area contributed by atoms with Gasteiger partial charge in [0.2, 0.25) is 17.7 Å². The minimum Gasteiger partial charge on any atom is -0.481 e. The fourth-order valence-corrected chi connectivity index (χ4v) is 4.59. The molecule has 0 aliphatic rings. The number of aromatic nitrogens is 1. The molecule has 3 amide bonds. The van der Waals surface area contributed by atoms with Gasteiger partial charge in [0, 0.05) is 23.5 Å². The van der Waals surface area contributed by atoms with Crippen LogP contribution in [-0.2, 0) is 36.8 Å². The number of hydrogen-bond donors (Lipinski definition) is 7. The van der Waals surface area contributed by atoms with Gasteiger partial charge in [-0.1, -0.05) is 62.4 Å². The molecule has 0 spiro atoms. The van der Waals surface area contributed by atoms with Crippen molar-refractivity contribution in [1.29, 1.82) is 0 Å². The Morgan fingerprint density at radius 2 is 1.38 bits per heavy atom. The lowest BCUT2D eigenvalue weighted by atomic mass is 9.99. The van der Waals surface area contributed by atoms with Gasteiger partial charge >= 0.3 is 11.9 Å². The number of nitrogens with one attached hydrogen (secondary N) is 4. The number of aromatic amines is 1. The molecule has 8 N–H and O–H groups in total. The standard InChI is InChI=1S/C30H37N5O7/c1-17(2)12-23(33-27(38)21(31)14-19-16-32-22-11-7-6-10-20(19)22)28(39)34-24(13-18-8-4-3-5-9-18)29(40)35-25(30(41)42)15-26(36)37/h3-11,16-17,21,23-25,32H,12-15,31H2,1-2H3,(H,33,38)(H,34,39)(H,35,40)(H,36,37)(H,41,42). The van der Waals surface area contributed by atoms with Gasteiger partial charge in [-0.05, 0) is 36.0 Å². The minimum atomic E-state index is -1.70. The summed E-state index contributed by atoms with van der Waals surface area (Å²) >= 11 is 0. The van der Waals surface area contributed by atoms with Crippen LogP contribution in [0.4, 0.5) is 0 Å². The molecule has 0 radical (unpaired) electrons. The van der Waals surface area contributed by atoms with E-state index in [1.807, 2.05) is 38.1 Å². The lowest BCUT2D eigenvalue weighted by molar-refractivity contribution is -0.147. The van der Waals surface area contributed by atoms with Crippen LogP contribution < -0.4 is 21.7 Å². The van der Waals surface area contributed by atoms with Crippen LogP contribution in [0.1, 0.15) is 37.8 Å². The maximum atomic E-state index is 13.5. The molecule has 4 atom stereocenters. The molecule has 0 bridgehead atoms. The van der Waals surface area contributed by atoms with Gasteiger partial charge in [0.15, 0.2) is 0 Å². The highest BCUT2D eigenvalue weighted by molar-refractivity contribution is 5.95. The molecule has 1 heterocycles. The highest BCUT2D eigenvalue weighted by Crippen LogP contribution is 2.19. The number of nitrogens with two attached hydrogens (primary N) is 1. The molecular formula is C30H37N5O7. The van der Waals surface area contributed by atoms with Crippen LogP contribution in [0, 0.1) is 5.92 Å². The van der Waals surface area contributed by atoms with E-state index in [1.165, 1.54) is 0 Å². The second-order valence-corrected chi connectivity index (χ2v) is 10.6. The Morgan fingerprint density at radius 3 is 2.02 bits per heavy atom. The van der Waals surface area contributed by atoms with Gasteiger partial charge in [0.05, 0.1) is 12.5 Å². The molecule has 224 valence electrons. The molecule has 0 aliphatic carbocycles. The van der Waals surface area contributed by atoms with Gasteiger partial charge in [0.1, 0.15) is 18.1 Å². The average molecular weight is 580 g/mol. The number of H-pyrrole nitrogens is 1. The maximum Gasteiger partial charge on any atom is 0.326 e. The van der Waals surface area contributed by atoms with Crippen molar-refractivity contribution in [3.8, 4) is 0 Å². The number of para-hydroxylation sites is 1. The quantitative estimate of drug-likeness (QED) is 0.140. The summed E-state index contributed by atoms with van der Waals surface area (Å²) in [6, 6.07) is 11.4. The van der Waals surface area contributed by atoms with Crippen LogP contribution in [0.2, 0.25) is 0 Å². The minimum absolute atomic E-state index is 0.000244. The van der Waals surface area contributed by atoms with Gasteiger partial charge in [-0.3, -0.25) is 19.2 Å². The van der Waals surface area contributed by atoms with Crippen molar-refractivity contribution in [2.45, 2.75) is 63.7 Å². The molecule has 3 aromatic rings. The number of rotatable bonds is 15. The summed E-state index contributed by atoms with van der Waals surface area (Å²) < 4.78 is 0. The first kappa shape index (κ1) is 31.8. The SMILES string of the molecule is CC(C)CC(NC(=O)C(N)Cc1c[nH]c2ccccc12)C(=O)NC(Cc1ccccc1)C(=O)NC(CC(=O)O)C(=O)O. The van der Waals surface area contributed by atoms with Crippen LogP contribution >= 0.6 is 0 Å². The zero-order valence-corrected chi connectivity index (χ0v) is 23.5. The first-order valence-electron chi connectivity index (χ1n) is 13.6. The van der Waals surface area contributed by atoms with Crippen molar-refractivity contribution in [3.63, 3.8) is 0 Å². The summed E-state index contributed by atoms with van der Waals surface area (Å²) in [7, 11) is 0. The summed E-state index contributed by atoms with van der Waals surface area (Å²) in [6.07, 6.45) is 1.42. The molecule has 1 aromatic heterocycles.